The molecule has 0 atom stereocenters. The molecule has 0 aliphatic heterocycles. The van der Waals surface area contributed by atoms with Gasteiger partial charge in [0.1, 0.15) is 0 Å². The van der Waals surface area contributed by atoms with Crippen molar-refractivity contribution in [3.05, 3.63) is 65.5 Å². The van der Waals surface area contributed by atoms with Crippen molar-refractivity contribution >= 4 is 11.8 Å². The van der Waals surface area contributed by atoms with Gasteiger partial charge in [0.2, 0.25) is 0 Å². The number of amides is 2. The lowest BCUT2D eigenvalue weighted by molar-refractivity contribution is 0.0939. The van der Waals surface area contributed by atoms with Crippen LogP contribution in [-0.4, -0.2) is 48.9 Å². The summed E-state index contributed by atoms with van der Waals surface area (Å²) in [4.78, 5) is 30.3. The van der Waals surface area contributed by atoms with Crippen LogP contribution >= 0.6 is 0 Å². The lowest BCUT2D eigenvalue weighted by Gasteiger charge is -2.10. The van der Waals surface area contributed by atoms with Gasteiger partial charge in [0.05, 0.1) is 0 Å². The third kappa shape index (κ3) is 6.35. The monoisotopic (exact) mass is 340 g/mol. The summed E-state index contributed by atoms with van der Waals surface area (Å²) >= 11 is 0. The average Bonchev–Trinajstić information content (AvgIpc) is 2.64. The molecular weight excluding hydrogens is 316 g/mol. The molecule has 1 heterocycles. The van der Waals surface area contributed by atoms with E-state index in [1.807, 2.05) is 26.2 Å². The Kier molecular flexibility index (Phi) is 7.10. The van der Waals surface area contributed by atoms with Crippen molar-refractivity contribution in [2.75, 3.05) is 27.2 Å². The fraction of sp³-hybridized carbons (Fsp3) is 0.316. The Balaban J connectivity index is 1.82. The Hall–Kier alpha value is -2.73. The molecule has 2 rings (SSSR count). The van der Waals surface area contributed by atoms with Gasteiger partial charge in [-0.25, -0.2) is 0 Å². The Morgan fingerprint density at radius 2 is 1.64 bits per heavy atom. The smallest absolute Gasteiger partial charge is 0.251 e. The van der Waals surface area contributed by atoms with E-state index in [0.717, 1.165) is 18.5 Å². The van der Waals surface area contributed by atoms with Crippen LogP contribution < -0.4 is 10.6 Å². The molecular formula is C19H24N4O2. The Morgan fingerprint density at radius 3 is 2.20 bits per heavy atom. The number of rotatable bonds is 8. The van der Waals surface area contributed by atoms with Crippen LogP contribution in [0.4, 0.5) is 0 Å². The number of carbonyl (C=O) groups excluding carboxylic acids is 2. The standard InChI is InChI=1S/C19H24N4O2/c1-23(2)12-4-11-21-18(24)16-6-8-17(9-7-16)19(25)22-14-15-5-3-10-20-13-15/h3,5-10,13H,4,11-12,14H2,1-2H3,(H,21,24)(H,22,25). The van der Waals surface area contributed by atoms with Gasteiger partial charge in [-0.3, -0.25) is 14.6 Å². The average molecular weight is 340 g/mol. The topological polar surface area (TPSA) is 74.3 Å². The zero-order chi connectivity index (χ0) is 18.1. The Bertz CT molecular complexity index is 684. The predicted octanol–water partition coefficient (Wildman–Crippen LogP) is 1.69. The van der Waals surface area contributed by atoms with Crippen LogP contribution in [0.3, 0.4) is 0 Å². The first kappa shape index (κ1) is 18.6. The number of aromatic nitrogens is 1. The molecule has 0 saturated carbocycles. The molecule has 2 amide bonds. The summed E-state index contributed by atoms with van der Waals surface area (Å²) in [7, 11) is 4.00. The molecule has 25 heavy (non-hydrogen) atoms. The van der Waals surface area contributed by atoms with Crippen LogP contribution in [0, 0.1) is 0 Å². The normalized spacial score (nSPS) is 10.5. The molecule has 2 aromatic rings. The summed E-state index contributed by atoms with van der Waals surface area (Å²) < 4.78 is 0. The second kappa shape index (κ2) is 9.54. The van der Waals surface area contributed by atoms with Gasteiger partial charge < -0.3 is 15.5 Å². The van der Waals surface area contributed by atoms with Crippen molar-refractivity contribution in [3.8, 4) is 0 Å². The van der Waals surface area contributed by atoms with Crippen molar-refractivity contribution < 1.29 is 9.59 Å². The number of hydrogen-bond acceptors (Lipinski definition) is 4. The van der Waals surface area contributed by atoms with Crippen molar-refractivity contribution in [3.63, 3.8) is 0 Å². The summed E-state index contributed by atoms with van der Waals surface area (Å²) in [6, 6.07) is 10.4. The molecule has 6 nitrogen and oxygen atoms in total. The van der Waals surface area contributed by atoms with E-state index in [9.17, 15) is 9.59 Å². The highest BCUT2D eigenvalue weighted by atomic mass is 16.2. The summed E-state index contributed by atoms with van der Waals surface area (Å²) in [5, 5.41) is 5.71. The Morgan fingerprint density at radius 1 is 1.00 bits per heavy atom. The highest BCUT2D eigenvalue weighted by molar-refractivity contribution is 5.97. The molecule has 0 bridgehead atoms. The molecule has 6 heteroatoms. The van der Waals surface area contributed by atoms with Gasteiger partial charge in [-0.15, -0.1) is 0 Å². The number of benzene rings is 1. The number of nitrogens with zero attached hydrogens (tertiary/aromatic N) is 2. The van der Waals surface area contributed by atoms with Gasteiger partial charge in [-0.05, 0) is 63.0 Å². The van der Waals surface area contributed by atoms with E-state index in [1.54, 1.807) is 36.7 Å². The highest BCUT2D eigenvalue weighted by Crippen LogP contribution is 2.05. The van der Waals surface area contributed by atoms with Crippen molar-refractivity contribution in [2.24, 2.45) is 0 Å². The maximum atomic E-state index is 12.1. The van der Waals surface area contributed by atoms with Gasteiger partial charge in [-0.2, -0.15) is 0 Å². The molecule has 0 radical (unpaired) electrons. The molecule has 0 fully saturated rings. The third-order valence-electron chi connectivity index (χ3n) is 3.65. The van der Waals surface area contributed by atoms with E-state index >= 15 is 0 Å². The minimum absolute atomic E-state index is 0.124. The van der Waals surface area contributed by atoms with E-state index < -0.39 is 0 Å². The van der Waals surface area contributed by atoms with Crippen molar-refractivity contribution in [1.29, 1.82) is 0 Å². The van der Waals surface area contributed by atoms with E-state index in [-0.39, 0.29) is 11.8 Å². The molecule has 132 valence electrons. The van der Waals surface area contributed by atoms with Gasteiger partial charge in [0.15, 0.2) is 0 Å². The second-order valence-electron chi connectivity index (χ2n) is 6.03. The molecule has 0 aliphatic carbocycles. The molecule has 2 N–H and O–H groups in total. The fourth-order valence-corrected chi connectivity index (χ4v) is 2.26. The summed E-state index contributed by atoms with van der Waals surface area (Å²) in [6.45, 7) is 1.97. The predicted molar refractivity (Wildman–Crippen MR) is 97.4 cm³/mol. The quantitative estimate of drug-likeness (QED) is 0.717. The van der Waals surface area contributed by atoms with Crippen LogP contribution in [0.25, 0.3) is 0 Å². The second-order valence-corrected chi connectivity index (χ2v) is 6.03. The van der Waals surface area contributed by atoms with Gasteiger partial charge in [0, 0.05) is 36.6 Å². The number of nitrogens with one attached hydrogen (secondary N) is 2. The summed E-state index contributed by atoms with van der Waals surface area (Å²) in [5.41, 5.74) is 2.01. The largest absolute Gasteiger partial charge is 0.352 e. The summed E-state index contributed by atoms with van der Waals surface area (Å²) in [6.07, 6.45) is 4.30. The minimum Gasteiger partial charge on any atom is -0.352 e. The lowest BCUT2D eigenvalue weighted by atomic mass is 10.1. The first-order chi connectivity index (χ1) is 12.1. The van der Waals surface area contributed by atoms with Crippen LogP contribution in [-0.2, 0) is 6.54 Å². The highest BCUT2D eigenvalue weighted by Gasteiger charge is 2.08. The zero-order valence-electron chi connectivity index (χ0n) is 14.7. The first-order valence-electron chi connectivity index (χ1n) is 8.26. The number of carbonyl (C=O) groups is 2. The van der Waals surface area contributed by atoms with Crippen LogP contribution in [0.5, 0.6) is 0 Å². The first-order valence-corrected chi connectivity index (χ1v) is 8.26. The van der Waals surface area contributed by atoms with Gasteiger partial charge in [0.25, 0.3) is 11.8 Å². The van der Waals surface area contributed by atoms with E-state index in [1.165, 1.54) is 0 Å². The molecule has 0 aliphatic rings. The summed E-state index contributed by atoms with van der Waals surface area (Å²) in [5.74, 6) is -0.303. The molecule has 1 aromatic carbocycles. The fourth-order valence-electron chi connectivity index (χ4n) is 2.26. The van der Waals surface area contributed by atoms with Gasteiger partial charge in [-0.1, -0.05) is 6.07 Å². The molecule has 1 aromatic heterocycles. The molecule has 0 saturated heterocycles. The Labute approximate surface area is 148 Å². The van der Waals surface area contributed by atoms with E-state index in [0.29, 0.717) is 24.2 Å². The SMILES string of the molecule is CN(C)CCCNC(=O)c1ccc(C(=O)NCc2cccnc2)cc1. The van der Waals surface area contributed by atoms with Gasteiger partial charge >= 0.3 is 0 Å². The van der Waals surface area contributed by atoms with Crippen molar-refractivity contribution in [2.45, 2.75) is 13.0 Å². The number of pyridine rings is 1. The minimum atomic E-state index is -0.179. The maximum absolute atomic E-state index is 12.1. The third-order valence-corrected chi connectivity index (χ3v) is 3.65. The van der Waals surface area contributed by atoms with E-state index in [4.69, 9.17) is 0 Å². The lowest BCUT2D eigenvalue weighted by Crippen LogP contribution is -2.27. The maximum Gasteiger partial charge on any atom is 0.251 e. The van der Waals surface area contributed by atoms with Crippen LogP contribution in [0.2, 0.25) is 0 Å². The van der Waals surface area contributed by atoms with E-state index in [2.05, 4.69) is 20.5 Å². The molecule has 0 spiro atoms. The number of hydrogen-bond donors (Lipinski definition) is 2. The van der Waals surface area contributed by atoms with Crippen LogP contribution in [0.1, 0.15) is 32.7 Å². The van der Waals surface area contributed by atoms with Crippen LogP contribution in [0.15, 0.2) is 48.8 Å². The van der Waals surface area contributed by atoms with Crippen molar-refractivity contribution in [1.82, 2.24) is 20.5 Å². The molecule has 0 unspecified atom stereocenters. The zero-order valence-corrected chi connectivity index (χ0v) is 14.7.